The number of amides is 1. The lowest BCUT2D eigenvalue weighted by molar-refractivity contribution is -0.123. The zero-order valence-corrected chi connectivity index (χ0v) is 11.7. The summed E-state index contributed by atoms with van der Waals surface area (Å²) in [6.45, 7) is 4.29. The van der Waals surface area contributed by atoms with Crippen LogP contribution in [0.4, 0.5) is 0 Å². The molecule has 0 radical (unpaired) electrons. The van der Waals surface area contributed by atoms with Gasteiger partial charge >= 0.3 is 0 Å². The molecule has 104 valence electrons. The first-order chi connectivity index (χ1) is 9.11. The fraction of sp³-hybridized carbons (Fsp3) is 0.786. The average Bonchev–Trinajstić information content (AvgIpc) is 3.05. The quantitative estimate of drug-likeness (QED) is 0.895. The Hall–Kier alpha value is -1.39. The summed E-state index contributed by atoms with van der Waals surface area (Å²) in [7, 11) is 0. The molecule has 2 bridgehead atoms. The van der Waals surface area contributed by atoms with E-state index in [0.29, 0.717) is 5.92 Å². The van der Waals surface area contributed by atoms with E-state index < -0.39 is 0 Å². The molecule has 3 rings (SSSR count). The predicted octanol–water partition coefficient (Wildman–Crippen LogP) is 1.53. The maximum atomic E-state index is 12.0. The van der Waals surface area contributed by atoms with Crippen molar-refractivity contribution in [2.24, 2.45) is 17.8 Å². The molecule has 2 aliphatic carbocycles. The monoisotopic (exact) mass is 262 g/mol. The smallest absolute Gasteiger partial charge is 0.242 e. The van der Waals surface area contributed by atoms with E-state index in [1.807, 2.05) is 6.92 Å². The number of carbonyl (C=O) groups excluding carboxylic acids is 1. The summed E-state index contributed by atoms with van der Waals surface area (Å²) >= 11 is 0. The van der Waals surface area contributed by atoms with E-state index in [4.69, 9.17) is 0 Å². The first kappa shape index (κ1) is 12.6. The van der Waals surface area contributed by atoms with Crippen molar-refractivity contribution in [1.82, 2.24) is 20.3 Å². The van der Waals surface area contributed by atoms with Crippen LogP contribution in [-0.2, 0) is 11.3 Å². The van der Waals surface area contributed by atoms with Gasteiger partial charge in [-0.15, -0.1) is 5.10 Å². The summed E-state index contributed by atoms with van der Waals surface area (Å²) < 4.78 is 1.60. The van der Waals surface area contributed by atoms with E-state index in [1.54, 1.807) is 10.9 Å². The Morgan fingerprint density at radius 3 is 2.95 bits per heavy atom. The lowest BCUT2D eigenvalue weighted by atomic mass is 9.84. The minimum atomic E-state index is 0.0418. The molecule has 0 aromatic carbocycles. The van der Waals surface area contributed by atoms with Crippen LogP contribution in [0.25, 0.3) is 0 Å². The molecule has 1 amide bonds. The third kappa shape index (κ3) is 2.65. The zero-order valence-electron chi connectivity index (χ0n) is 11.7. The molecule has 1 heterocycles. The second-order valence-corrected chi connectivity index (χ2v) is 6.25. The van der Waals surface area contributed by atoms with Crippen LogP contribution in [0.15, 0.2) is 6.20 Å². The van der Waals surface area contributed by atoms with E-state index in [9.17, 15) is 4.79 Å². The zero-order chi connectivity index (χ0) is 13.4. The van der Waals surface area contributed by atoms with Gasteiger partial charge in [-0.1, -0.05) is 11.6 Å². The Kier molecular flexibility index (Phi) is 3.29. The Bertz CT molecular complexity index is 470. The van der Waals surface area contributed by atoms with Gasteiger partial charge in [-0.05, 0) is 50.9 Å². The Morgan fingerprint density at radius 1 is 1.53 bits per heavy atom. The number of hydrogen-bond acceptors (Lipinski definition) is 3. The highest BCUT2D eigenvalue weighted by Crippen LogP contribution is 2.49. The van der Waals surface area contributed by atoms with Crippen molar-refractivity contribution in [3.63, 3.8) is 0 Å². The Balaban J connectivity index is 1.52. The van der Waals surface area contributed by atoms with Gasteiger partial charge in [0.25, 0.3) is 0 Å². The van der Waals surface area contributed by atoms with Crippen LogP contribution in [0.3, 0.4) is 0 Å². The standard InChI is InChI=1S/C14H22N4O/c1-9-7-18(17-16-9)8-14(19)15-10(2)13-6-11-3-4-12(13)5-11/h7,10-13H,3-6,8H2,1-2H3,(H,15,19)/t10-,11-,12-,13+/m0/s1. The molecule has 5 heteroatoms. The molecular formula is C14H22N4O. The SMILES string of the molecule is Cc1cn(CC(=O)N[C@@H](C)[C@H]2C[C@H]3CC[C@H]2C3)nn1. The van der Waals surface area contributed by atoms with Crippen LogP contribution >= 0.6 is 0 Å². The van der Waals surface area contributed by atoms with Gasteiger partial charge in [0.15, 0.2) is 0 Å². The van der Waals surface area contributed by atoms with E-state index in [0.717, 1.165) is 17.5 Å². The van der Waals surface area contributed by atoms with Crippen molar-refractivity contribution in [3.8, 4) is 0 Å². The topological polar surface area (TPSA) is 59.8 Å². The summed E-state index contributed by atoms with van der Waals surface area (Å²) in [5, 5.41) is 10.9. The van der Waals surface area contributed by atoms with Gasteiger partial charge in [-0.3, -0.25) is 4.79 Å². The first-order valence-corrected chi connectivity index (χ1v) is 7.28. The Labute approximate surface area is 113 Å². The summed E-state index contributed by atoms with van der Waals surface area (Å²) in [5.74, 6) is 2.49. The van der Waals surface area contributed by atoms with Gasteiger partial charge in [-0.25, -0.2) is 4.68 Å². The number of rotatable bonds is 4. The predicted molar refractivity (Wildman–Crippen MR) is 71.3 cm³/mol. The van der Waals surface area contributed by atoms with E-state index in [2.05, 4.69) is 22.6 Å². The second-order valence-electron chi connectivity index (χ2n) is 6.25. The molecule has 19 heavy (non-hydrogen) atoms. The van der Waals surface area contributed by atoms with E-state index >= 15 is 0 Å². The van der Waals surface area contributed by atoms with Gasteiger partial charge in [0.1, 0.15) is 6.54 Å². The number of fused-ring (bicyclic) bond motifs is 2. The first-order valence-electron chi connectivity index (χ1n) is 7.28. The molecule has 0 spiro atoms. The molecule has 0 aliphatic heterocycles. The van der Waals surface area contributed by atoms with Crippen molar-refractivity contribution in [1.29, 1.82) is 0 Å². The van der Waals surface area contributed by atoms with Crippen LogP contribution in [-0.4, -0.2) is 26.9 Å². The summed E-state index contributed by atoms with van der Waals surface area (Å²) in [6.07, 6.45) is 7.24. The minimum Gasteiger partial charge on any atom is -0.352 e. The van der Waals surface area contributed by atoms with Crippen molar-refractivity contribution < 1.29 is 4.79 Å². The summed E-state index contributed by atoms with van der Waals surface area (Å²) in [4.78, 5) is 12.0. The average molecular weight is 262 g/mol. The fourth-order valence-electron chi connectivity index (χ4n) is 3.93. The fourth-order valence-corrected chi connectivity index (χ4v) is 3.93. The third-order valence-corrected chi connectivity index (χ3v) is 4.78. The summed E-state index contributed by atoms with van der Waals surface area (Å²) in [6, 6.07) is 0.285. The molecule has 2 aliphatic rings. The molecule has 1 N–H and O–H groups in total. The van der Waals surface area contributed by atoms with Crippen molar-refractivity contribution in [2.75, 3.05) is 0 Å². The van der Waals surface area contributed by atoms with Gasteiger partial charge < -0.3 is 5.32 Å². The van der Waals surface area contributed by atoms with E-state index in [-0.39, 0.29) is 18.5 Å². The van der Waals surface area contributed by atoms with Gasteiger partial charge in [0, 0.05) is 12.2 Å². The summed E-state index contributed by atoms with van der Waals surface area (Å²) in [5.41, 5.74) is 0.842. The van der Waals surface area contributed by atoms with Crippen LogP contribution in [0.2, 0.25) is 0 Å². The van der Waals surface area contributed by atoms with Crippen molar-refractivity contribution in [2.45, 2.75) is 52.1 Å². The third-order valence-electron chi connectivity index (χ3n) is 4.78. The number of hydrogen-bond donors (Lipinski definition) is 1. The highest BCUT2D eigenvalue weighted by molar-refractivity contribution is 5.75. The van der Waals surface area contributed by atoms with Crippen molar-refractivity contribution >= 4 is 5.91 Å². The van der Waals surface area contributed by atoms with Gasteiger partial charge in [0.2, 0.25) is 5.91 Å². The lowest BCUT2D eigenvalue weighted by Gasteiger charge is -2.28. The molecule has 0 unspecified atom stereocenters. The van der Waals surface area contributed by atoms with E-state index in [1.165, 1.54) is 25.7 Å². The number of aryl methyl sites for hydroxylation is 1. The van der Waals surface area contributed by atoms with Crippen LogP contribution < -0.4 is 5.32 Å². The highest BCUT2D eigenvalue weighted by atomic mass is 16.2. The maximum Gasteiger partial charge on any atom is 0.242 e. The number of aromatic nitrogens is 3. The van der Waals surface area contributed by atoms with Gasteiger partial charge in [0.05, 0.1) is 5.69 Å². The Morgan fingerprint density at radius 2 is 2.37 bits per heavy atom. The second kappa shape index (κ2) is 4.94. The molecule has 1 aromatic heterocycles. The molecule has 1 aromatic rings. The number of carbonyl (C=O) groups is 1. The lowest BCUT2D eigenvalue weighted by Crippen LogP contribution is -2.41. The molecule has 2 fully saturated rings. The highest BCUT2D eigenvalue weighted by Gasteiger charge is 2.42. The minimum absolute atomic E-state index is 0.0418. The normalized spacial score (nSPS) is 30.5. The largest absolute Gasteiger partial charge is 0.352 e. The maximum absolute atomic E-state index is 12.0. The molecule has 0 saturated heterocycles. The molecule has 2 saturated carbocycles. The van der Waals surface area contributed by atoms with Crippen LogP contribution in [0, 0.1) is 24.7 Å². The molecule has 4 atom stereocenters. The van der Waals surface area contributed by atoms with Crippen LogP contribution in [0.5, 0.6) is 0 Å². The number of nitrogens with zero attached hydrogens (tertiary/aromatic N) is 3. The van der Waals surface area contributed by atoms with Crippen molar-refractivity contribution in [3.05, 3.63) is 11.9 Å². The van der Waals surface area contributed by atoms with Gasteiger partial charge in [-0.2, -0.15) is 0 Å². The van der Waals surface area contributed by atoms with Crippen LogP contribution in [0.1, 0.15) is 38.3 Å². The number of nitrogens with one attached hydrogen (secondary N) is 1. The molecular weight excluding hydrogens is 240 g/mol. The molecule has 5 nitrogen and oxygen atoms in total.